The van der Waals surface area contributed by atoms with E-state index in [-0.39, 0.29) is 36.2 Å². The molecule has 0 aromatic rings. The van der Waals surface area contributed by atoms with Gasteiger partial charge in [0, 0.05) is 19.3 Å². The maximum atomic E-state index is 12.8. The number of allylic oxidation sites excluding steroid dienone is 20. The van der Waals surface area contributed by atoms with E-state index in [4.69, 9.17) is 14.2 Å². The number of carbonyl (C=O) groups is 3. The fourth-order valence-electron chi connectivity index (χ4n) is 6.84. The number of likely N-dealkylation sites (N-methyl/N-ethyl adjacent to an activating group) is 1. The van der Waals surface area contributed by atoms with Crippen molar-refractivity contribution < 1.29 is 38.2 Å². The molecule has 0 heterocycles. The Bertz CT molecular complexity index is 1500. The van der Waals surface area contributed by atoms with E-state index in [1.54, 1.807) is 0 Å². The molecule has 1 N–H and O–H groups in total. The van der Waals surface area contributed by atoms with Gasteiger partial charge in [-0.2, -0.15) is 0 Å². The van der Waals surface area contributed by atoms with Crippen molar-refractivity contribution in [2.24, 2.45) is 0 Å². The molecule has 0 bridgehead atoms. The van der Waals surface area contributed by atoms with Crippen LogP contribution < -0.4 is 0 Å². The third-order valence-electron chi connectivity index (χ3n) is 10.8. The second-order valence-corrected chi connectivity index (χ2v) is 18.0. The van der Waals surface area contributed by atoms with Crippen LogP contribution in [-0.2, 0) is 28.6 Å². The van der Waals surface area contributed by atoms with Crippen LogP contribution in [0.15, 0.2) is 122 Å². The molecule has 0 aliphatic rings. The average molecular weight is 931 g/mol. The van der Waals surface area contributed by atoms with Gasteiger partial charge < -0.3 is 23.8 Å². The molecule has 2 atom stereocenters. The van der Waals surface area contributed by atoms with Crippen molar-refractivity contribution in [1.82, 2.24) is 0 Å². The van der Waals surface area contributed by atoms with Crippen molar-refractivity contribution in [2.45, 2.75) is 193 Å². The fraction of sp³-hybridized carbons (Fsp3) is 0.610. The van der Waals surface area contributed by atoms with E-state index < -0.39 is 18.1 Å². The predicted octanol–water partition coefficient (Wildman–Crippen LogP) is 15.4. The standard InChI is InChI=1S/C59H95NO7/c1-6-8-10-12-14-16-18-20-22-24-26-28-30-31-33-35-37-39-41-43-45-47-49-57(61)66-54-55(53-65-52-51-56(59(63)64)60(3,4)5)67-58(62)50-48-46-44-42-40-38-36-34-32-29-27-25-23-21-19-17-15-13-11-9-7-2/h8,10,14-17,20-23,26-29,31,33-34,36-37,39,55-56H,6-7,9,11-13,18-19,24-25,30,32,35,38,40-54H2,1-5H3/p+1/b10-8+,16-14+,17-15+,22-20+,23-21+,28-26+,29-27+,33-31+,36-34+,39-37+. The van der Waals surface area contributed by atoms with Crippen LogP contribution in [0.1, 0.15) is 181 Å². The molecule has 0 spiro atoms. The number of carboxylic acids is 1. The van der Waals surface area contributed by atoms with E-state index >= 15 is 0 Å². The number of ether oxygens (including phenoxy) is 3. The molecular weight excluding hydrogens is 835 g/mol. The first-order valence-corrected chi connectivity index (χ1v) is 26.1. The first kappa shape index (κ1) is 62.7. The van der Waals surface area contributed by atoms with Gasteiger partial charge in [-0.15, -0.1) is 0 Å². The minimum Gasteiger partial charge on any atom is -0.477 e. The number of carbonyl (C=O) groups excluding carboxylic acids is 2. The molecular formula is C59H96NO7+. The number of nitrogens with zero attached hydrogens (tertiary/aromatic N) is 1. The molecule has 0 aliphatic carbocycles. The molecule has 67 heavy (non-hydrogen) atoms. The molecule has 0 saturated carbocycles. The molecule has 0 rings (SSSR count). The van der Waals surface area contributed by atoms with Crippen LogP contribution in [0.25, 0.3) is 0 Å². The summed E-state index contributed by atoms with van der Waals surface area (Å²) in [5.74, 6) is -1.55. The van der Waals surface area contributed by atoms with E-state index in [2.05, 4.69) is 135 Å². The predicted molar refractivity (Wildman–Crippen MR) is 284 cm³/mol. The van der Waals surface area contributed by atoms with Crippen molar-refractivity contribution >= 4 is 17.9 Å². The van der Waals surface area contributed by atoms with E-state index in [0.29, 0.717) is 19.3 Å². The molecule has 0 amide bonds. The number of aliphatic carboxylic acids is 1. The topological polar surface area (TPSA) is 99.1 Å². The Morgan fingerprint density at radius 3 is 1.25 bits per heavy atom. The molecule has 8 nitrogen and oxygen atoms in total. The molecule has 378 valence electrons. The number of rotatable bonds is 45. The van der Waals surface area contributed by atoms with Gasteiger partial charge in [-0.3, -0.25) is 9.59 Å². The van der Waals surface area contributed by atoms with Crippen molar-refractivity contribution in [3.05, 3.63) is 122 Å². The summed E-state index contributed by atoms with van der Waals surface area (Å²) in [6.07, 6.45) is 68.2. The van der Waals surface area contributed by atoms with Crippen molar-refractivity contribution in [3.8, 4) is 0 Å². The zero-order valence-corrected chi connectivity index (χ0v) is 43.1. The van der Waals surface area contributed by atoms with Crippen molar-refractivity contribution in [1.29, 1.82) is 0 Å². The monoisotopic (exact) mass is 931 g/mol. The fourth-order valence-corrected chi connectivity index (χ4v) is 6.84. The van der Waals surface area contributed by atoms with E-state index in [1.165, 1.54) is 25.7 Å². The van der Waals surface area contributed by atoms with Gasteiger partial charge in [0.2, 0.25) is 0 Å². The van der Waals surface area contributed by atoms with E-state index in [0.717, 1.165) is 122 Å². The maximum absolute atomic E-state index is 12.8. The van der Waals surface area contributed by atoms with Gasteiger partial charge in [0.05, 0.1) is 34.4 Å². The second kappa shape index (κ2) is 48.2. The summed E-state index contributed by atoms with van der Waals surface area (Å²) in [5.41, 5.74) is 0. The second-order valence-electron chi connectivity index (χ2n) is 18.0. The zero-order valence-electron chi connectivity index (χ0n) is 43.1. The molecule has 0 aliphatic heterocycles. The highest BCUT2D eigenvalue weighted by Gasteiger charge is 2.31. The zero-order chi connectivity index (χ0) is 49.2. The number of unbranched alkanes of at least 4 members (excludes halogenated alkanes) is 11. The lowest BCUT2D eigenvalue weighted by atomic mass is 10.1. The molecule has 0 fully saturated rings. The highest BCUT2D eigenvalue weighted by molar-refractivity contribution is 5.72. The van der Waals surface area contributed by atoms with Crippen molar-refractivity contribution in [3.63, 3.8) is 0 Å². The minimum absolute atomic E-state index is 0.0337. The Hall–Kier alpha value is -4.27. The molecule has 0 radical (unpaired) electrons. The minimum atomic E-state index is -0.888. The van der Waals surface area contributed by atoms with Gasteiger partial charge in [0.15, 0.2) is 12.1 Å². The van der Waals surface area contributed by atoms with Crippen LogP contribution in [0.3, 0.4) is 0 Å². The highest BCUT2D eigenvalue weighted by Crippen LogP contribution is 2.13. The Kier molecular flexibility index (Phi) is 45.1. The SMILES string of the molecule is CC/C=C/C/C=C/C/C=C/C/C=C/C/C=C/C/C=C/CCCCCC(=O)OCC(COCCC(C(=O)O)[N+](C)(C)C)OC(=O)CCCCCCC/C=C/C/C=C/C/C=C/C/C=C/CCCCC. The number of esters is 2. The Morgan fingerprint density at radius 1 is 0.463 bits per heavy atom. The van der Waals surface area contributed by atoms with Crippen LogP contribution in [0, 0.1) is 0 Å². The summed E-state index contributed by atoms with van der Waals surface area (Å²) < 4.78 is 17.3. The van der Waals surface area contributed by atoms with Crippen LogP contribution in [0.4, 0.5) is 0 Å². The number of hydrogen-bond donors (Lipinski definition) is 1. The smallest absolute Gasteiger partial charge is 0.362 e. The summed E-state index contributed by atoms with van der Waals surface area (Å²) >= 11 is 0. The quantitative estimate of drug-likeness (QED) is 0.0281. The first-order chi connectivity index (χ1) is 32.6. The normalized spacial score (nSPS) is 13.9. The summed E-state index contributed by atoms with van der Waals surface area (Å²) in [5, 5.41) is 9.66. The number of carboxylic acid groups (broad SMARTS) is 1. The van der Waals surface area contributed by atoms with Crippen LogP contribution in [0.2, 0.25) is 0 Å². The third kappa shape index (κ3) is 46.6. The van der Waals surface area contributed by atoms with Crippen LogP contribution in [-0.4, -0.2) is 80.6 Å². The lowest BCUT2D eigenvalue weighted by Crippen LogP contribution is -2.50. The van der Waals surface area contributed by atoms with Crippen LogP contribution >= 0.6 is 0 Å². The van der Waals surface area contributed by atoms with Crippen LogP contribution in [0.5, 0.6) is 0 Å². The first-order valence-electron chi connectivity index (χ1n) is 26.1. The van der Waals surface area contributed by atoms with Gasteiger partial charge >= 0.3 is 17.9 Å². The molecule has 0 aromatic carbocycles. The summed E-state index contributed by atoms with van der Waals surface area (Å²) in [6.45, 7) is 4.52. The van der Waals surface area contributed by atoms with E-state index in [1.807, 2.05) is 21.1 Å². The van der Waals surface area contributed by atoms with Gasteiger partial charge in [0.1, 0.15) is 6.61 Å². The average Bonchev–Trinajstić information content (AvgIpc) is 3.29. The Labute approximate surface area is 410 Å². The number of quaternary nitrogens is 1. The maximum Gasteiger partial charge on any atom is 0.362 e. The largest absolute Gasteiger partial charge is 0.477 e. The van der Waals surface area contributed by atoms with Gasteiger partial charge in [-0.25, -0.2) is 4.79 Å². The summed E-state index contributed by atoms with van der Waals surface area (Å²) in [7, 11) is 5.50. The molecule has 0 saturated heterocycles. The van der Waals surface area contributed by atoms with Gasteiger partial charge in [-0.1, -0.05) is 174 Å². The lowest BCUT2D eigenvalue weighted by Gasteiger charge is -2.31. The highest BCUT2D eigenvalue weighted by atomic mass is 16.6. The number of hydrogen-bond acceptors (Lipinski definition) is 6. The van der Waals surface area contributed by atoms with Gasteiger partial charge in [0.25, 0.3) is 0 Å². The van der Waals surface area contributed by atoms with Crippen molar-refractivity contribution in [2.75, 3.05) is 41.0 Å². The molecule has 8 heteroatoms. The summed E-state index contributed by atoms with van der Waals surface area (Å²) in [4.78, 5) is 37.2. The Balaban J connectivity index is 4.39. The molecule has 2 unspecified atom stereocenters. The Morgan fingerprint density at radius 2 is 0.836 bits per heavy atom. The van der Waals surface area contributed by atoms with E-state index in [9.17, 15) is 19.5 Å². The summed E-state index contributed by atoms with van der Waals surface area (Å²) in [6, 6.07) is -0.633. The third-order valence-corrected chi connectivity index (χ3v) is 10.8. The molecule has 0 aromatic heterocycles. The lowest BCUT2D eigenvalue weighted by molar-refractivity contribution is -0.887. The van der Waals surface area contributed by atoms with Gasteiger partial charge in [-0.05, 0) is 109 Å².